The highest BCUT2D eigenvalue weighted by Gasteiger charge is 2.15. The number of benzene rings is 7. The van der Waals surface area contributed by atoms with Crippen LogP contribution in [-0.4, -0.2) is 9.97 Å². The Kier molecular flexibility index (Phi) is 6.90. The van der Waals surface area contributed by atoms with Crippen LogP contribution < -0.4 is 0 Å². The number of nitrogens with zero attached hydrogens (tertiary/aromatic N) is 2. The summed E-state index contributed by atoms with van der Waals surface area (Å²) in [4.78, 5) is 9.31. The molecular weight excluding hydrogens is 645 g/mol. The van der Waals surface area contributed by atoms with Gasteiger partial charge in [0, 0.05) is 35.8 Å². The van der Waals surface area contributed by atoms with Crippen LogP contribution in [0.5, 0.6) is 0 Å². The zero-order valence-corrected chi connectivity index (χ0v) is 28.5. The molecule has 0 spiro atoms. The van der Waals surface area contributed by atoms with Gasteiger partial charge in [-0.25, -0.2) is 9.97 Å². The molecule has 3 aromatic heterocycles. The van der Waals surface area contributed by atoms with Crippen LogP contribution in [0, 0.1) is 0 Å². The van der Waals surface area contributed by atoms with E-state index in [4.69, 9.17) is 4.98 Å². The maximum Gasteiger partial charge on any atom is 0.116 e. The lowest BCUT2D eigenvalue weighted by molar-refractivity contribution is 1.24. The molecule has 3 heterocycles. The molecule has 7 aromatic carbocycles. The van der Waals surface area contributed by atoms with E-state index in [1.54, 1.807) is 17.7 Å². The first-order chi connectivity index (χ1) is 24.8. The van der Waals surface area contributed by atoms with Gasteiger partial charge in [0.25, 0.3) is 0 Å². The van der Waals surface area contributed by atoms with Crippen LogP contribution in [0.25, 0.3) is 96.2 Å². The normalized spacial score (nSPS) is 11.6. The Morgan fingerprint density at radius 2 is 0.800 bits per heavy atom. The van der Waals surface area contributed by atoms with E-state index in [0.29, 0.717) is 0 Å². The number of aromatic nitrogens is 2. The first-order valence-corrected chi connectivity index (χ1v) is 18.4. The second kappa shape index (κ2) is 11.9. The predicted octanol–water partition coefficient (Wildman–Crippen LogP) is 13.5. The zero-order chi connectivity index (χ0) is 33.0. The SMILES string of the molecule is c1ccc(-c2ccc(-c3cccc4c3sc3c(-c5ccc(-c6ccc(-c7ncnc8c7sc7ccccc78)cc6)cc5)cccc34)cc2)cc1. The van der Waals surface area contributed by atoms with Gasteiger partial charge in [-0.15, -0.1) is 22.7 Å². The molecule has 0 fully saturated rings. The molecule has 0 aliphatic heterocycles. The third kappa shape index (κ3) is 4.84. The highest BCUT2D eigenvalue weighted by atomic mass is 32.1. The summed E-state index contributed by atoms with van der Waals surface area (Å²) >= 11 is 3.66. The molecule has 50 heavy (non-hydrogen) atoms. The summed E-state index contributed by atoms with van der Waals surface area (Å²) < 4.78 is 5.02. The summed E-state index contributed by atoms with van der Waals surface area (Å²) in [5.41, 5.74) is 13.0. The van der Waals surface area contributed by atoms with Crippen LogP contribution in [0.4, 0.5) is 0 Å². The number of thiophene rings is 2. The highest BCUT2D eigenvalue weighted by molar-refractivity contribution is 7.27. The minimum absolute atomic E-state index is 0.988. The van der Waals surface area contributed by atoms with Crippen molar-refractivity contribution in [3.8, 4) is 55.8 Å². The van der Waals surface area contributed by atoms with E-state index in [-0.39, 0.29) is 0 Å². The van der Waals surface area contributed by atoms with Crippen molar-refractivity contribution in [3.63, 3.8) is 0 Å². The summed E-state index contributed by atoms with van der Waals surface area (Å²) in [5, 5.41) is 3.81. The Hall–Kier alpha value is -5.94. The molecule has 10 aromatic rings. The number of fused-ring (bicyclic) bond motifs is 6. The predicted molar refractivity (Wildman–Crippen MR) is 215 cm³/mol. The Labute approximate surface area is 297 Å². The molecule has 0 unspecified atom stereocenters. The molecular formula is C46H28N2S2. The molecule has 10 rings (SSSR count). The number of hydrogen-bond donors (Lipinski definition) is 0. The molecule has 0 radical (unpaired) electrons. The lowest BCUT2D eigenvalue weighted by Crippen LogP contribution is -1.87. The van der Waals surface area contributed by atoms with Crippen LogP contribution in [0.15, 0.2) is 170 Å². The fraction of sp³-hybridized carbons (Fsp3) is 0. The van der Waals surface area contributed by atoms with E-state index >= 15 is 0 Å². The minimum atomic E-state index is 0.988. The van der Waals surface area contributed by atoms with Crippen LogP contribution in [0.1, 0.15) is 0 Å². The molecule has 2 nitrogen and oxygen atoms in total. The Morgan fingerprint density at radius 3 is 1.40 bits per heavy atom. The second-order valence-electron chi connectivity index (χ2n) is 12.6. The summed E-state index contributed by atoms with van der Waals surface area (Å²) in [5.74, 6) is 0. The van der Waals surface area contributed by atoms with Crippen molar-refractivity contribution in [3.05, 3.63) is 170 Å². The van der Waals surface area contributed by atoms with Crippen molar-refractivity contribution in [2.75, 3.05) is 0 Å². The van der Waals surface area contributed by atoms with E-state index in [1.165, 1.54) is 74.8 Å². The highest BCUT2D eigenvalue weighted by Crippen LogP contribution is 2.44. The topological polar surface area (TPSA) is 25.8 Å². The van der Waals surface area contributed by atoms with Crippen LogP contribution >= 0.6 is 22.7 Å². The van der Waals surface area contributed by atoms with Crippen LogP contribution in [-0.2, 0) is 0 Å². The van der Waals surface area contributed by atoms with Crippen molar-refractivity contribution in [1.82, 2.24) is 9.97 Å². The lowest BCUT2D eigenvalue weighted by atomic mass is 9.97. The van der Waals surface area contributed by atoms with Crippen molar-refractivity contribution < 1.29 is 0 Å². The quantitative estimate of drug-likeness (QED) is 0.182. The molecule has 0 amide bonds. The van der Waals surface area contributed by atoms with Crippen molar-refractivity contribution in [1.29, 1.82) is 0 Å². The molecule has 0 saturated heterocycles. The average Bonchev–Trinajstić information content (AvgIpc) is 3.77. The van der Waals surface area contributed by atoms with Gasteiger partial charge in [-0.3, -0.25) is 0 Å². The second-order valence-corrected chi connectivity index (χ2v) is 14.6. The molecule has 0 atom stereocenters. The zero-order valence-electron chi connectivity index (χ0n) is 26.9. The smallest absolute Gasteiger partial charge is 0.116 e. The van der Waals surface area contributed by atoms with E-state index < -0.39 is 0 Å². The van der Waals surface area contributed by atoms with E-state index in [9.17, 15) is 0 Å². The Bertz CT molecular complexity index is 2830. The third-order valence-corrected chi connectivity index (χ3v) is 12.1. The Morgan fingerprint density at radius 1 is 0.320 bits per heavy atom. The van der Waals surface area contributed by atoms with Crippen molar-refractivity contribution >= 4 is 63.1 Å². The van der Waals surface area contributed by atoms with Gasteiger partial charge in [-0.2, -0.15) is 0 Å². The standard InChI is InChI=1S/C46H28N2S2/c1-2-8-29(9-3-1)30-16-22-33(23-17-30)36-11-6-13-38-39-14-7-12-37(45(39)50-44(36)38)34-24-18-31(19-25-34)32-20-26-35(27-21-32)42-46-43(48-28-47-42)40-10-4-5-15-41(40)49-46/h1-28H. The fourth-order valence-electron chi connectivity index (χ4n) is 7.14. The molecule has 0 saturated carbocycles. The third-order valence-electron chi connectivity index (χ3n) is 9.67. The fourth-order valence-corrected chi connectivity index (χ4v) is 9.68. The largest absolute Gasteiger partial charge is 0.235 e. The maximum atomic E-state index is 4.70. The monoisotopic (exact) mass is 672 g/mol. The first-order valence-electron chi connectivity index (χ1n) is 16.7. The van der Waals surface area contributed by atoms with E-state index in [0.717, 1.165) is 21.5 Å². The van der Waals surface area contributed by atoms with Crippen molar-refractivity contribution in [2.24, 2.45) is 0 Å². The van der Waals surface area contributed by atoms with Gasteiger partial charge < -0.3 is 0 Å². The minimum Gasteiger partial charge on any atom is -0.235 e. The molecule has 0 N–H and O–H groups in total. The Balaban J connectivity index is 0.971. The summed E-state index contributed by atoms with van der Waals surface area (Å²) in [6.07, 6.45) is 1.69. The molecule has 0 bridgehead atoms. The van der Waals surface area contributed by atoms with Crippen molar-refractivity contribution in [2.45, 2.75) is 0 Å². The van der Waals surface area contributed by atoms with Gasteiger partial charge in [-0.05, 0) is 50.6 Å². The van der Waals surface area contributed by atoms with Gasteiger partial charge in [0.2, 0.25) is 0 Å². The molecule has 0 aliphatic rings. The van der Waals surface area contributed by atoms with Gasteiger partial charge in [0.15, 0.2) is 0 Å². The van der Waals surface area contributed by atoms with Crippen LogP contribution in [0.3, 0.4) is 0 Å². The van der Waals surface area contributed by atoms with Gasteiger partial charge in [-0.1, -0.05) is 158 Å². The van der Waals surface area contributed by atoms with E-state index in [1.807, 2.05) is 11.3 Å². The van der Waals surface area contributed by atoms with E-state index in [2.05, 4.69) is 169 Å². The maximum absolute atomic E-state index is 4.70. The van der Waals surface area contributed by atoms with Gasteiger partial charge in [0.1, 0.15) is 6.33 Å². The summed E-state index contributed by atoms with van der Waals surface area (Å²) in [6, 6.07) is 59.2. The number of rotatable bonds is 5. The first kappa shape index (κ1) is 29.0. The molecule has 234 valence electrons. The lowest BCUT2D eigenvalue weighted by Gasteiger charge is -2.08. The summed E-state index contributed by atoms with van der Waals surface area (Å²) in [6.45, 7) is 0. The van der Waals surface area contributed by atoms with Gasteiger partial charge in [0.05, 0.1) is 15.9 Å². The molecule has 4 heteroatoms. The summed E-state index contributed by atoms with van der Waals surface area (Å²) in [7, 11) is 0. The van der Waals surface area contributed by atoms with Gasteiger partial charge >= 0.3 is 0 Å². The number of hydrogen-bond acceptors (Lipinski definition) is 4. The van der Waals surface area contributed by atoms with Crippen LogP contribution in [0.2, 0.25) is 0 Å². The molecule has 0 aliphatic carbocycles. The average molecular weight is 673 g/mol.